The van der Waals surface area contributed by atoms with Crippen LogP contribution in [0.1, 0.15) is 29.6 Å². The van der Waals surface area contributed by atoms with E-state index < -0.39 is 17.5 Å². The molecule has 27 heavy (non-hydrogen) atoms. The lowest BCUT2D eigenvalue weighted by Gasteiger charge is -2.57. The summed E-state index contributed by atoms with van der Waals surface area (Å²) in [5.41, 5.74) is 0.859. The lowest BCUT2D eigenvalue weighted by molar-refractivity contribution is -0.278. The van der Waals surface area contributed by atoms with Crippen molar-refractivity contribution in [3.05, 3.63) is 47.0 Å². The fourth-order valence-corrected chi connectivity index (χ4v) is 4.73. The number of ketones is 2. The third-order valence-corrected chi connectivity index (χ3v) is 5.93. The van der Waals surface area contributed by atoms with Crippen LogP contribution in [0.25, 0.3) is 0 Å². The second-order valence-electron chi connectivity index (χ2n) is 7.22. The van der Waals surface area contributed by atoms with Gasteiger partial charge in [-0.05, 0) is 30.7 Å². The summed E-state index contributed by atoms with van der Waals surface area (Å²) < 4.78 is 25.0. The van der Waals surface area contributed by atoms with E-state index in [1.54, 1.807) is 14.2 Å². The number of methoxy groups -OCH3 is 2. The molecule has 2 bridgehead atoms. The molecule has 2 aliphatic heterocycles. The van der Waals surface area contributed by atoms with Crippen LogP contribution in [0, 0.1) is 11.7 Å². The third-order valence-electron chi connectivity index (χ3n) is 5.93. The number of carbonyl (C=O) groups is 2. The first-order valence-electron chi connectivity index (χ1n) is 9.18. The first-order chi connectivity index (χ1) is 13.0. The van der Waals surface area contributed by atoms with Crippen molar-refractivity contribution >= 4 is 11.6 Å². The third kappa shape index (κ3) is 2.68. The monoisotopic (exact) mass is 374 g/mol. The summed E-state index contributed by atoms with van der Waals surface area (Å²) in [6.45, 7) is 1.47. The van der Waals surface area contributed by atoms with Crippen LogP contribution in [-0.4, -0.2) is 55.6 Å². The Labute approximate surface area is 157 Å². The number of halogens is 1. The van der Waals surface area contributed by atoms with Crippen LogP contribution in [0.3, 0.4) is 0 Å². The molecular formula is C20H23FN2O4. The number of Topliss-reactive ketones (excluding diaryl/α,β-unsaturated/α-hetero) is 2. The Bertz CT molecular complexity index is 801. The standard InChI is InChI=1S/C20H23FN2O4/c1-26-20(27-2)15-10-14(24)11-16(20)23-9-3-8-22-19(23)17(15)18(25)12-4-6-13(21)7-5-12/h4-7,15-16,22H,3,8-11H2,1-2H3/t15-,16-/m0/s1. The van der Waals surface area contributed by atoms with Crippen LogP contribution in [0.15, 0.2) is 35.7 Å². The highest BCUT2D eigenvalue weighted by Gasteiger charge is 2.60. The second kappa shape index (κ2) is 6.73. The summed E-state index contributed by atoms with van der Waals surface area (Å²) in [6, 6.07) is 5.18. The minimum atomic E-state index is -1.07. The molecule has 1 N–H and O–H groups in total. The Morgan fingerprint density at radius 3 is 2.59 bits per heavy atom. The van der Waals surface area contributed by atoms with E-state index >= 15 is 0 Å². The predicted molar refractivity (Wildman–Crippen MR) is 95.4 cm³/mol. The van der Waals surface area contributed by atoms with Gasteiger partial charge in [-0.2, -0.15) is 0 Å². The number of nitrogens with one attached hydrogen (secondary N) is 1. The Morgan fingerprint density at radius 2 is 1.93 bits per heavy atom. The normalized spacial score (nSPS) is 26.5. The molecule has 2 heterocycles. The zero-order valence-corrected chi connectivity index (χ0v) is 15.5. The van der Waals surface area contributed by atoms with Crippen LogP contribution in [0.5, 0.6) is 0 Å². The minimum Gasteiger partial charge on any atom is -0.371 e. The molecule has 4 rings (SSSR count). The molecule has 0 spiro atoms. The molecule has 7 heteroatoms. The maximum atomic E-state index is 13.4. The number of ether oxygens (including phenoxy) is 2. The first kappa shape index (κ1) is 18.1. The van der Waals surface area contributed by atoms with Crippen LogP contribution in [-0.2, 0) is 14.3 Å². The van der Waals surface area contributed by atoms with Crippen molar-refractivity contribution in [1.29, 1.82) is 0 Å². The molecule has 0 amide bonds. The maximum Gasteiger partial charge on any atom is 0.196 e. The van der Waals surface area contributed by atoms with Gasteiger partial charge in [-0.15, -0.1) is 0 Å². The van der Waals surface area contributed by atoms with Gasteiger partial charge in [0.25, 0.3) is 0 Å². The molecule has 1 aliphatic carbocycles. The van der Waals surface area contributed by atoms with Gasteiger partial charge in [-0.1, -0.05) is 0 Å². The molecule has 3 aliphatic rings. The molecule has 0 radical (unpaired) electrons. The number of hydrogen-bond acceptors (Lipinski definition) is 6. The van der Waals surface area contributed by atoms with Crippen LogP contribution >= 0.6 is 0 Å². The molecule has 0 aromatic heterocycles. The second-order valence-corrected chi connectivity index (χ2v) is 7.22. The van der Waals surface area contributed by atoms with Crippen molar-refractivity contribution in [3.63, 3.8) is 0 Å². The van der Waals surface area contributed by atoms with E-state index in [-0.39, 0.29) is 24.0 Å². The summed E-state index contributed by atoms with van der Waals surface area (Å²) in [7, 11) is 3.11. The van der Waals surface area contributed by atoms with E-state index in [0.29, 0.717) is 24.1 Å². The number of rotatable bonds is 4. The number of carbonyl (C=O) groups excluding carboxylic acids is 2. The Balaban J connectivity index is 1.89. The van der Waals surface area contributed by atoms with E-state index in [1.807, 2.05) is 4.90 Å². The molecule has 1 aromatic rings. The van der Waals surface area contributed by atoms with Gasteiger partial charge < -0.3 is 19.7 Å². The van der Waals surface area contributed by atoms with Crippen LogP contribution < -0.4 is 5.32 Å². The topological polar surface area (TPSA) is 67.9 Å². The van der Waals surface area contributed by atoms with E-state index in [2.05, 4.69) is 5.32 Å². The summed E-state index contributed by atoms with van der Waals surface area (Å²) in [6.07, 6.45) is 1.39. The van der Waals surface area contributed by atoms with Crippen molar-refractivity contribution in [2.24, 2.45) is 5.92 Å². The Hall–Kier alpha value is -2.25. The molecule has 2 fully saturated rings. The molecular weight excluding hydrogens is 351 g/mol. The van der Waals surface area contributed by atoms with Gasteiger partial charge in [-0.25, -0.2) is 4.39 Å². The fraction of sp³-hybridized carbons (Fsp3) is 0.500. The van der Waals surface area contributed by atoms with Crippen molar-refractivity contribution in [1.82, 2.24) is 10.2 Å². The lowest BCUT2D eigenvalue weighted by Crippen LogP contribution is -2.68. The Morgan fingerprint density at radius 1 is 1.22 bits per heavy atom. The number of benzene rings is 1. The van der Waals surface area contributed by atoms with E-state index in [9.17, 15) is 14.0 Å². The fourth-order valence-electron chi connectivity index (χ4n) is 4.73. The molecule has 1 saturated carbocycles. The highest BCUT2D eigenvalue weighted by Crippen LogP contribution is 2.49. The summed E-state index contributed by atoms with van der Waals surface area (Å²) in [5.74, 6) is -1.39. The Kier molecular flexibility index (Phi) is 4.52. The quantitative estimate of drug-likeness (QED) is 0.641. The maximum absolute atomic E-state index is 13.4. The SMILES string of the molecule is COC1(OC)[C@@H]2CC(=O)C[C@H]1C(C(=O)c1ccc(F)cc1)=C1NCCCN12. The summed E-state index contributed by atoms with van der Waals surface area (Å²) in [4.78, 5) is 27.9. The van der Waals surface area contributed by atoms with Gasteiger partial charge in [0.15, 0.2) is 11.6 Å². The highest BCUT2D eigenvalue weighted by molar-refractivity contribution is 6.10. The van der Waals surface area contributed by atoms with Gasteiger partial charge in [0.05, 0.1) is 12.0 Å². The summed E-state index contributed by atoms with van der Waals surface area (Å²) in [5, 5.41) is 3.35. The van der Waals surface area contributed by atoms with Gasteiger partial charge in [-0.3, -0.25) is 9.59 Å². The van der Waals surface area contributed by atoms with Crippen molar-refractivity contribution in [2.75, 3.05) is 27.3 Å². The van der Waals surface area contributed by atoms with E-state index in [0.717, 1.165) is 18.8 Å². The molecule has 0 unspecified atom stereocenters. The lowest BCUT2D eigenvalue weighted by atomic mass is 9.69. The minimum absolute atomic E-state index is 0.0868. The largest absolute Gasteiger partial charge is 0.371 e. The van der Waals surface area contributed by atoms with Crippen molar-refractivity contribution in [2.45, 2.75) is 31.1 Å². The molecule has 144 valence electrons. The van der Waals surface area contributed by atoms with Gasteiger partial charge in [0.1, 0.15) is 17.4 Å². The average Bonchev–Trinajstić information content (AvgIpc) is 2.68. The van der Waals surface area contributed by atoms with Gasteiger partial charge in [0.2, 0.25) is 0 Å². The van der Waals surface area contributed by atoms with Crippen LogP contribution in [0.2, 0.25) is 0 Å². The highest BCUT2D eigenvalue weighted by atomic mass is 19.1. The van der Waals surface area contributed by atoms with Crippen molar-refractivity contribution < 1.29 is 23.5 Å². The van der Waals surface area contributed by atoms with Crippen molar-refractivity contribution in [3.8, 4) is 0 Å². The molecule has 2 atom stereocenters. The zero-order chi connectivity index (χ0) is 19.2. The van der Waals surface area contributed by atoms with E-state index in [4.69, 9.17) is 9.47 Å². The molecule has 1 saturated heterocycles. The smallest absolute Gasteiger partial charge is 0.196 e. The average molecular weight is 374 g/mol. The molecule has 6 nitrogen and oxygen atoms in total. The number of nitrogens with zero attached hydrogens (tertiary/aromatic N) is 1. The van der Waals surface area contributed by atoms with Gasteiger partial charge >= 0.3 is 0 Å². The van der Waals surface area contributed by atoms with E-state index in [1.165, 1.54) is 24.3 Å². The van der Waals surface area contributed by atoms with Gasteiger partial charge in [0, 0.05) is 51.3 Å². The predicted octanol–water partition coefficient (Wildman–Crippen LogP) is 1.87. The first-order valence-corrected chi connectivity index (χ1v) is 9.18. The molecule has 1 aromatic carbocycles. The number of fused-ring (bicyclic) bond motifs is 4. The number of hydrogen-bond donors (Lipinski definition) is 1. The summed E-state index contributed by atoms with van der Waals surface area (Å²) >= 11 is 0. The van der Waals surface area contributed by atoms with Crippen LogP contribution in [0.4, 0.5) is 4.39 Å². The zero-order valence-electron chi connectivity index (χ0n) is 15.5.